The number of thiophene rings is 1. The summed E-state index contributed by atoms with van der Waals surface area (Å²) in [6.07, 6.45) is 0.382. The fourth-order valence-corrected chi connectivity index (χ4v) is 2.90. The first-order valence-electron chi connectivity index (χ1n) is 6.62. The topological polar surface area (TPSA) is 46.2 Å². The minimum absolute atomic E-state index is 0.00562. The van der Waals surface area contributed by atoms with Gasteiger partial charge in [-0.15, -0.1) is 11.3 Å². The highest BCUT2D eigenvalue weighted by molar-refractivity contribution is 7.14. The molecule has 0 atom stereocenters. The van der Waals surface area contributed by atoms with E-state index in [1.165, 1.54) is 11.3 Å². The second-order valence-electron chi connectivity index (χ2n) is 4.79. The van der Waals surface area contributed by atoms with Gasteiger partial charge >= 0.3 is 0 Å². The Morgan fingerprint density at radius 3 is 2.57 bits per heavy atom. The summed E-state index contributed by atoms with van der Waals surface area (Å²) in [5, 5.41) is 3.40. The summed E-state index contributed by atoms with van der Waals surface area (Å²) in [5.41, 5.74) is 1.51. The molecule has 0 radical (unpaired) electrons. The van der Waals surface area contributed by atoms with Crippen LogP contribution in [-0.2, 0) is 4.79 Å². The van der Waals surface area contributed by atoms with E-state index in [1.54, 1.807) is 24.3 Å². The summed E-state index contributed by atoms with van der Waals surface area (Å²) < 4.78 is 0. The molecule has 1 heterocycles. The number of ketones is 1. The minimum Gasteiger partial charge on any atom is -0.326 e. The van der Waals surface area contributed by atoms with Gasteiger partial charge < -0.3 is 5.32 Å². The highest BCUT2D eigenvalue weighted by atomic mass is 35.5. The molecule has 0 saturated carbocycles. The van der Waals surface area contributed by atoms with Crippen LogP contribution < -0.4 is 5.32 Å². The van der Waals surface area contributed by atoms with Gasteiger partial charge in [0, 0.05) is 28.4 Å². The van der Waals surface area contributed by atoms with E-state index in [2.05, 4.69) is 5.32 Å². The first kappa shape index (κ1) is 15.7. The van der Waals surface area contributed by atoms with Crippen molar-refractivity contribution in [1.29, 1.82) is 0 Å². The predicted molar refractivity (Wildman–Crippen MR) is 87.4 cm³/mol. The van der Waals surface area contributed by atoms with Crippen molar-refractivity contribution in [2.75, 3.05) is 5.32 Å². The number of benzene rings is 1. The Kier molecular flexibility index (Phi) is 5.15. The third-order valence-corrected chi connectivity index (χ3v) is 4.59. The molecule has 1 amide bonds. The monoisotopic (exact) mass is 321 g/mol. The highest BCUT2D eigenvalue weighted by Crippen LogP contribution is 2.23. The smallest absolute Gasteiger partial charge is 0.224 e. The van der Waals surface area contributed by atoms with Crippen molar-refractivity contribution in [2.24, 2.45) is 0 Å². The third-order valence-electron chi connectivity index (χ3n) is 3.14. The molecule has 0 aliphatic carbocycles. The molecule has 0 fully saturated rings. The van der Waals surface area contributed by atoms with Crippen LogP contribution in [0, 0.1) is 13.8 Å². The standard InChI is InChI=1S/C16H16ClNO2S/c1-10-6-8-15(21-10)14(19)7-9-16(20)18-13-5-3-4-12(17)11(13)2/h3-6,8H,7,9H2,1-2H3,(H,18,20). The summed E-state index contributed by atoms with van der Waals surface area (Å²) in [6.45, 7) is 3.80. The zero-order chi connectivity index (χ0) is 15.4. The van der Waals surface area contributed by atoms with Gasteiger partial charge in [0.25, 0.3) is 0 Å². The number of halogens is 1. The second kappa shape index (κ2) is 6.87. The Hall–Kier alpha value is -1.65. The van der Waals surface area contributed by atoms with Gasteiger partial charge in [0.05, 0.1) is 4.88 Å². The molecule has 0 unspecified atom stereocenters. The Bertz CT molecular complexity index is 679. The van der Waals surface area contributed by atoms with Crippen LogP contribution in [0.1, 0.15) is 33.0 Å². The molecule has 1 aromatic carbocycles. The fraction of sp³-hybridized carbons (Fsp3) is 0.250. The zero-order valence-electron chi connectivity index (χ0n) is 11.9. The fourth-order valence-electron chi connectivity index (χ4n) is 1.89. The SMILES string of the molecule is Cc1ccc(C(=O)CCC(=O)Nc2cccc(Cl)c2C)s1. The largest absolute Gasteiger partial charge is 0.326 e. The lowest BCUT2D eigenvalue weighted by atomic mass is 10.1. The van der Waals surface area contributed by atoms with Crippen LogP contribution in [-0.4, -0.2) is 11.7 Å². The molecule has 2 rings (SSSR count). The van der Waals surface area contributed by atoms with Gasteiger partial charge in [0.1, 0.15) is 0 Å². The number of amides is 1. The molecule has 2 aromatic rings. The molecule has 110 valence electrons. The van der Waals surface area contributed by atoms with E-state index in [9.17, 15) is 9.59 Å². The van der Waals surface area contributed by atoms with Crippen LogP contribution in [0.15, 0.2) is 30.3 Å². The number of rotatable bonds is 5. The van der Waals surface area contributed by atoms with Crippen molar-refractivity contribution in [1.82, 2.24) is 0 Å². The van der Waals surface area contributed by atoms with Gasteiger partial charge in [-0.3, -0.25) is 9.59 Å². The Morgan fingerprint density at radius 1 is 1.14 bits per heavy atom. The van der Waals surface area contributed by atoms with E-state index >= 15 is 0 Å². The number of aryl methyl sites for hydroxylation is 1. The maximum Gasteiger partial charge on any atom is 0.224 e. The van der Waals surface area contributed by atoms with E-state index < -0.39 is 0 Å². The summed E-state index contributed by atoms with van der Waals surface area (Å²) in [6, 6.07) is 9.07. The first-order valence-corrected chi connectivity index (χ1v) is 7.81. The molecule has 5 heteroatoms. The molecule has 1 aromatic heterocycles. The third kappa shape index (κ3) is 4.16. The maximum absolute atomic E-state index is 11.9. The molecule has 0 aliphatic heterocycles. The molecule has 0 saturated heterocycles. The summed E-state index contributed by atoms with van der Waals surface area (Å²) in [4.78, 5) is 25.7. The van der Waals surface area contributed by atoms with Crippen molar-refractivity contribution < 1.29 is 9.59 Å². The molecule has 0 spiro atoms. The van der Waals surface area contributed by atoms with Crippen LogP contribution in [0.5, 0.6) is 0 Å². The lowest BCUT2D eigenvalue weighted by Gasteiger charge is -2.09. The number of anilines is 1. The van der Waals surface area contributed by atoms with Crippen molar-refractivity contribution >= 4 is 40.3 Å². The molecule has 0 bridgehead atoms. The van der Waals surface area contributed by atoms with Gasteiger partial charge in [-0.1, -0.05) is 17.7 Å². The van der Waals surface area contributed by atoms with Crippen LogP contribution in [0.3, 0.4) is 0 Å². The number of carbonyl (C=O) groups excluding carboxylic acids is 2. The molecule has 3 nitrogen and oxygen atoms in total. The molecular formula is C16H16ClNO2S. The normalized spacial score (nSPS) is 10.4. The van der Waals surface area contributed by atoms with Crippen molar-refractivity contribution in [3.8, 4) is 0 Å². The van der Waals surface area contributed by atoms with E-state index in [0.29, 0.717) is 15.6 Å². The zero-order valence-corrected chi connectivity index (χ0v) is 13.5. The average molecular weight is 322 g/mol. The van der Waals surface area contributed by atoms with Crippen molar-refractivity contribution in [3.63, 3.8) is 0 Å². The Morgan fingerprint density at radius 2 is 1.90 bits per heavy atom. The molecule has 1 N–H and O–H groups in total. The van der Waals surface area contributed by atoms with Gasteiger partial charge in [0.15, 0.2) is 5.78 Å². The van der Waals surface area contributed by atoms with Crippen LogP contribution in [0.2, 0.25) is 5.02 Å². The lowest BCUT2D eigenvalue weighted by Crippen LogP contribution is -2.14. The lowest BCUT2D eigenvalue weighted by molar-refractivity contribution is -0.116. The summed E-state index contributed by atoms with van der Waals surface area (Å²) in [7, 11) is 0. The van der Waals surface area contributed by atoms with E-state index in [0.717, 1.165) is 10.4 Å². The van der Waals surface area contributed by atoms with Gasteiger partial charge in [-0.25, -0.2) is 0 Å². The summed E-state index contributed by atoms with van der Waals surface area (Å²) >= 11 is 7.46. The minimum atomic E-state index is -0.179. The highest BCUT2D eigenvalue weighted by Gasteiger charge is 2.12. The van der Waals surface area contributed by atoms with Gasteiger partial charge in [-0.2, -0.15) is 0 Å². The van der Waals surface area contributed by atoms with Crippen LogP contribution in [0.4, 0.5) is 5.69 Å². The van der Waals surface area contributed by atoms with Gasteiger partial charge in [0.2, 0.25) is 5.91 Å². The van der Waals surface area contributed by atoms with Crippen LogP contribution in [0.25, 0.3) is 0 Å². The second-order valence-corrected chi connectivity index (χ2v) is 6.49. The number of Topliss-reactive ketones (excluding diaryl/α,β-unsaturated/α-hetero) is 1. The number of carbonyl (C=O) groups is 2. The Balaban J connectivity index is 1.90. The number of hydrogen-bond donors (Lipinski definition) is 1. The first-order chi connectivity index (χ1) is 9.97. The van der Waals surface area contributed by atoms with Crippen molar-refractivity contribution in [3.05, 3.63) is 50.7 Å². The van der Waals surface area contributed by atoms with E-state index in [1.807, 2.05) is 19.9 Å². The van der Waals surface area contributed by atoms with E-state index in [-0.39, 0.29) is 24.5 Å². The summed E-state index contributed by atoms with van der Waals surface area (Å²) in [5.74, 6) is -0.173. The number of hydrogen-bond acceptors (Lipinski definition) is 3. The van der Waals surface area contributed by atoms with E-state index in [4.69, 9.17) is 11.6 Å². The van der Waals surface area contributed by atoms with Crippen LogP contribution >= 0.6 is 22.9 Å². The Labute approximate surface area is 132 Å². The molecule has 21 heavy (non-hydrogen) atoms. The molecule has 0 aliphatic rings. The van der Waals surface area contributed by atoms with Crippen molar-refractivity contribution in [2.45, 2.75) is 26.7 Å². The van der Waals surface area contributed by atoms with Gasteiger partial charge in [-0.05, 0) is 43.7 Å². The predicted octanol–water partition coefficient (Wildman–Crippen LogP) is 4.62. The average Bonchev–Trinajstić information content (AvgIpc) is 2.88. The number of nitrogens with one attached hydrogen (secondary N) is 1. The quantitative estimate of drug-likeness (QED) is 0.817. The maximum atomic E-state index is 11.9. The molecular weight excluding hydrogens is 306 g/mol.